The maximum absolute atomic E-state index is 5.32. The number of hydrogen-bond acceptors (Lipinski definition) is 2. The lowest BCUT2D eigenvalue weighted by Gasteiger charge is -2.25. The number of fused-ring (bicyclic) bond motifs is 1. The first-order chi connectivity index (χ1) is 9.65. The Hall–Kier alpha value is -1.48. The molecule has 0 bridgehead atoms. The van der Waals surface area contributed by atoms with Crippen molar-refractivity contribution in [2.75, 3.05) is 20.2 Å². The molecule has 1 N–H and O–H groups in total. The summed E-state index contributed by atoms with van der Waals surface area (Å²) in [5.74, 6) is 0.924. The van der Waals surface area contributed by atoms with E-state index >= 15 is 0 Å². The van der Waals surface area contributed by atoms with Crippen LogP contribution >= 0.6 is 0 Å². The number of H-pyrrole nitrogens is 1. The van der Waals surface area contributed by atoms with Gasteiger partial charge in [-0.3, -0.25) is 0 Å². The minimum atomic E-state index is 0.606. The fraction of sp³-hybridized carbons (Fsp3) is 0.529. The Kier molecular flexibility index (Phi) is 5.07. The van der Waals surface area contributed by atoms with E-state index in [-0.39, 0.29) is 0 Å². The standard InChI is InChI=1S/C17H26N2O/c1-5-9-19(13(2)3)10-8-14-12-18-17-7-6-15(20-4)11-16(14)17/h6-7,11-13,18H,5,8-10H2,1-4H3. The molecular formula is C17H26N2O. The highest BCUT2D eigenvalue weighted by molar-refractivity contribution is 5.84. The van der Waals surface area contributed by atoms with E-state index in [1.165, 1.54) is 29.4 Å². The third kappa shape index (κ3) is 3.34. The van der Waals surface area contributed by atoms with Crippen molar-refractivity contribution >= 4 is 10.9 Å². The second kappa shape index (κ2) is 6.80. The normalized spacial score (nSPS) is 11.7. The van der Waals surface area contributed by atoms with Gasteiger partial charge in [0.05, 0.1) is 7.11 Å². The minimum absolute atomic E-state index is 0.606. The van der Waals surface area contributed by atoms with Crippen molar-refractivity contribution in [1.29, 1.82) is 0 Å². The van der Waals surface area contributed by atoms with Gasteiger partial charge in [0.1, 0.15) is 5.75 Å². The summed E-state index contributed by atoms with van der Waals surface area (Å²) in [6, 6.07) is 6.82. The first kappa shape index (κ1) is 14.9. The van der Waals surface area contributed by atoms with Gasteiger partial charge in [-0.1, -0.05) is 6.92 Å². The SMILES string of the molecule is CCCN(CCc1c[nH]c2ccc(OC)cc12)C(C)C. The molecule has 0 unspecified atom stereocenters. The monoisotopic (exact) mass is 274 g/mol. The van der Waals surface area contributed by atoms with Gasteiger partial charge in [-0.25, -0.2) is 0 Å². The molecule has 0 saturated carbocycles. The molecule has 0 fully saturated rings. The molecule has 110 valence electrons. The lowest BCUT2D eigenvalue weighted by Crippen LogP contribution is -2.33. The van der Waals surface area contributed by atoms with E-state index in [0.717, 1.165) is 18.7 Å². The summed E-state index contributed by atoms with van der Waals surface area (Å²) < 4.78 is 5.32. The molecule has 0 amide bonds. The topological polar surface area (TPSA) is 28.3 Å². The lowest BCUT2D eigenvalue weighted by atomic mass is 10.1. The van der Waals surface area contributed by atoms with Crippen LogP contribution in [0.4, 0.5) is 0 Å². The molecule has 0 atom stereocenters. The molecule has 2 rings (SSSR count). The predicted octanol–water partition coefficient (Wildman–Crippen LogP) is 3.84. The third-order valence-electron chi connectivity index (χ3n) is 3.88. The van der Waals surface area contributed by atoms with Gasteiger partial charge in [0.25, 0.3) is 0 Å². The first-order valence-electron chi connectivity index (χ1n) is 7.53. The zero-order valence-corrected chi connectivity index (χ0v) is 13.1. The molecule has 0 aliphatic carbocycles. The summed E-state index contributed by atoms with van der Waals surface area (Å²) in [5.41, 5.74) is 2.56. The molecule has 3 nitrogen and oxygen atoms in total. The number of nitrogens with one attached hydrogen (secondary N) is 1. The van der Waals surface area contributed by atoms with Crippen LogP contribution in [0.3, 0.4) is 0 Å². The number of methoxy groups -OCH3 is 1. The Morgan fingerprint density at radius 2 is 2.05 bits per heavy atom. The maximum atomic E-state index is 5.32. The Labute approximate surface area is 121 Å². The molecular weight excluding hydrogens is 248 g/mol. The highest BCUT2D eigenvalue weighted by Crippen LogP contribution is 2.24. The first-order valence-corrected chi connectivity index (χ1v) is 7.53. The number of hydrogen-bond donors (Lipinski definition) is 1. The Balaban J connectivity index is 2.12. The summed E-state index contributed by atoms with van der Waals surface area (Å²) in [5, 5.41) is 1.28. The predicted molar refractivity (Wildman–Crippen MR) is 85.6 cm³/mol. The van der Waals surface area contributed by atoms with Gasteiger partial charge in [-0.2, -0.15) is 0 Å². The highest BCUT2D eigenvalue weighted by atomic mass is 16.5. The third-order valence-corrected chi connectivity index (χ3v) is 3.88. The van der Waals surface area contributed by atoms with Crippen molar-refractivity contribution in [3.8, 4) is 5.75 Å². The van der Waals surface area contributed by atoms with E-state index in [1.54, 1.807) is 7.11 Å². The molecule has 1 aromatic carbocycles. The van der Waals surface area contributed by atoms with Crippen molar-refractivity contribution in [3.63, 3.8) is 0 Å². The van der Waals surface area contributed by atoms with Crippen molar-refractivity contribution in [2.45, 2.75) is 39.7 Å². The molecule has 20 heavy (non-hydrogen) atoms. The van der Waals surface area contributed by atoms with E-state index < -0.39 is 0 Å². The largest absolute Gasteiger partial charge is 0.497 e. The zero-order chi connectivity index (χ0) is 14.5. The van der Waals surface area contributed by atoms with E-state index in [9.17, 15) is 0 Å². The van der Waals surface area contributed by atoms with Crippen LogP contribution in [0.25, 0.3) is 10.9 Å². The van der Waals surface area contributed by atoms with Crippen molar-refractivity contribution in [3.05, 3.63) is 30.0 Å². The quantitative estimate of drug-likeness (QED) is 0.831. The van der Waals surface area contributed by atoms with E-state index in [4.69, 9.17) is 4.74 Å². The molecule has 1 heterocycles. The molecule has 1 aromatic heterocycles. The van der Waals surface area contributed by atoms with Gasteiger partial charge in [-0.05, 0) is 57.0 Å². The Morgan fingerprint density at radius 1 is 1.25 bits per heavy atom. The number of ether oxygens (including phenoxy) is 1. The second-order valence-electron chi connectivity index (χ2n) is 5.61. The number of benzene rings is 1. The molecule has 0 radical (unpaired) electrons. The van der Waals surface area contributed by atoms with E-state index in [1.807, 2.05) is 6.07 Å². The maximum Gasteiger partial charge on any atom is 0.119 e. The van der Waals surface area contributed by atoms with E-state index in [0.29, 0.717) is 6.04 Å². The average molecular weight is 274 g/mol. The van der Waals surface area contributed by atoms with Gasteiger partial charge >= 0.3 is 0 Å². The number of rotatable bonds is 7. The van der Waals surface area contributed by atoms with Crippen LogP contribution in [0.15, 0.2) is 24.4 Å². The Morgan fingerprint density at radius 3 is 2.70 bits per heavy atom. The molecule has 0 aliphatic heterocycles. The van der Waals surface area contributed by atoms with Crippen LogP contribution in [0, 0.1) is 0 Å². The number of nitrogens with zero attached hydrogens (tertiary/aromatic N) is 1. The second-order valence-corrected chi connectivity index (χ2v) is 5.61. The van der Waals surface area contributed by atoms with Crippen LogP contribution in [0.5, 0.6) is 5.75 Å². The molecule has 3 heteroatoms. The van der Waals surface area contributed by atoms with Gasteiger partial charge in [-0.15, -0.1) is 0 Å². The summed E-state index contributed by atoms with van der Waals surface area (Å²) >= 11 is 0. The van der Waals surface area contributed by atoms with Crippen LogP contribution in [0.1, 0.15) is 32.8 Å². The highest BCUT2D eigenvalue weighted by Gasteiger charge is 2.10. The van der Waals surface area contributed by atoms with Crippen LogP contribution in [0.2, 0.25) is 0 Å². The zero-order valence-electron chi connectivity index (χ0n) is 13.1. The van der Waals surface area contributed by atoms with Gasteiger partial charge in [0.15, 0.2) is 0 Å². The molecule has 0 saturated heterocycles. The Bertz CT molecular complexity index is 545. The van der Waals surface area contributed by atoms with Gasteiger partial charge < -0.3 is 14.6 Å². The van der Waals surface area contributed by atoms with Crippen LogP contribution in [-0.4, -0.2) is 36.1 Å². The molecule has 2 aromatic rings. The number of aromatic nitrogens is 1. The fourth-order valence-electron chi connectivity index (χ4n) is 2.67. The minimum Gasteiger partial charge on any atom is -0.497 e. The van der Waals surface area contributed by atoms with E-state index in [2.05, 4.69) is 49.0 Å². The summed E-state index contributed by atoms with van der Waals surface area (Å²) in [4.78, 5) is 5.89. The average Bonchev–Trinajstić information content (AvgIpc) is 2.85. The molecule has 0 spiro atoms. The van der Waals surface area contributed by atoms with Crippen molar-refractivity contribution < 1.29 is 4.74 Å². The van der Waals surface area contributed by atoms with Crippen LogP contribution in [-0.2, 0) is 6.42 Å². The van der Waals surface area contributed by atoms with Crippen LogP contribution < -0.4 is 4.74 Å². The lowest BCUT2D eigenvalue weighted by molar-refractivity contribution is 0.225. The smallest absolute Gasteiger partial charge is 0.119 e. The van der Waals surface area contributed by atoms with Gasteiger partial charge in [0, 0.05) is 29.7 Å². The van der Waals surface area contributed by atoms with Gasteiger partial charge in [0.2, 0.25) is 0 Å². The summed E-state index contributed by atoms with van der Waals surface area (Å²) in [7, 11) is 1.72. The fourth-order valence-corrected chi connectivity index (χ4v) is 2.67. The summed E-state index contributed by atoms with van der Waals surface area (Å²) in [6.45, 7) is 9.06. The molecule has 0 aliphatic rings. The number of aromatic amines is 1. The summed E-state index contributed by atoms with van der Waals surface area (Å²) in [6.07, 6.45) is 4.42. The van der Waals surface area contributed by atoms with Crippen molar-refractivity contribution in [1.82, 2.24) is 9.88 Å². The van der Waals surface area contributed by atoms with Crippen molar-refractivity contribution in [2.24, 2.45) is 0 Å².